The van der Waals surface area contributed by atoms with Gasteiger partial charge in [0.05, 0.1) is 20.7 Å². The minimum absolute atomic E-state index is 0.0113. The molecule has 0 aliphatic heterocycles. The number of halogens is 1. The number of hydrogen-bond acceptors (Lipinski definition) is 5. The van der Waals surface area contributed by atoms with E-state index in [2.05, 4.69) is 10.3 Å². The van der Waals surface area contributed by atoms with E-state index in [1.807, 2.05) is 13.0 Å². The van der Waals surface area contributed by atoms with Gasteiger partial charge in [0.25, 0.3) is 5.91 Å². The number of carbonyl (C=O) groups excluding carboxylic acids is 1. The van der Waals surface area contributed by atoms with E-state index in [0.29, 0.717) is 10.2 Å². The van der Waals surface area contributed by atoms with Gasteiger partial charge in [-0.05, 0) is 36.8 Å². The van der Waals surface area contributed by atoms with Gasteiger partial charge < -0.3 is 0 Å². The smallest absolute Gasteiger partial charge is 0.258 e. The third kappa shape index (κ3) is 3.15. The van der Waals surface area contributed by atoms with E-state index in [1.54, 1.807) is 18.2 Å². The number of fused-ring (bicyclic) bond motifs is 1. The fourth-order valence-corrected chi connectivity index (χ4v) is 4.25. The number of thiazole rings is 1. The van der Waals surface area contributed by atoms with Crippen LogP contribution in [0.15, 0.2) is 41.3 Å². The molecule has 124 valence electrons. The molecule has 24 heavy (non-hydrogen) atoms. The standard InChI is InChI=1S/C16H13ClN2O3S2/c1-9-11(17)7-8-12-14(9)18-16(23-12)19-15(20)10-5-3-4-6-13(10)24(2,21)22/h3-8H,1-2H3,(H,18,19,20). The van der Waals surface area contributed by atoms with Crippen LogP contribution < -0.4 is 5.32 Å². The average Bonchev–Trinajstić information content (AvgIpc) is 2.93. The van der Waals surface area contributed by atoms with Crippen LogP contribution in [0.25, 0.3) is 10.2 Å². The van der Waals surface area contributed by atoms with Gasteiger partial charge in [-0.25, -0.2) is 13.4 Å². The number of nitrogens with one attached hydrogen (secondary N) is 1. The van der Waals surface area contributed by atoms with Crippen molar-refractivity contribution in [3.05, 3.63) is 52.5 Å². The number of hydrogen-bond donors (Lipinski definition) is 1. The lowest BCUT2D eigenvalue weighted by atomic mass is 10.2. The summed E-state index contributed by atoms with van der Waals surface area (Å²) in [5, 5.41) is 3.66. The van der Waals surface area contributed by atoms with Crippen molar-refractivity contribution in [3.8, 4) is 0 Å². The topological polar surface area (TPSA) is 76.1 Å². The number of benzene rings is 2. The van der Waals surface area contributed by atoms with Crippen LogP contribution in [-0.2, 0) is 9.84 Å². The van der Waals surface area contributed by atoms with Gasteiger partial charge in [0.2, 0.25) is 0 Å². The third-order valence-corrected chi connectivity index (χ3v) is 6.00. The van der Waals surface area contributed by atoms with Gasteiger partial charge in [-0.1, -0.05) is 35.1 Å². The van der Waals surface area contributed by atoms with Gasteiger partial charge in [0, 0.05) is 11.3 Å². The van der Waals surface area contributed by atoms with Crippen molar-refractivity contribution in [2.45, 2.75) is 11.8 Å². The number of nitrogens with zero attached hydrogens (tertiary/aromatic N) is 1. The van der Waals surface area contributed by atoms with Crippen LogP contribution in [-0.4, -0.2) is 25.6 Å². The molecule has 2 aromatic carbocycles. The highest BCUT2D eigenvalue weighted by Crippen LogP contribution is 2.32. The van der Waals surface area contributed by atoms with Crippen molar-refractivity contribution >= 4 is 54.0 Å². The van der Waals surface area contributed by atoms with Gasteiger partial charge >= 0.3 is 0 Å². The molecule has 3 rings (SSSR count). The van der Waals surface area contributed by atoms with E-state index >= 15 is 0 Å². The first-order valence-corrected chi connectivity index (χ1v) is 10.0. The normalized spacial score (nSPS) is 11.6. The van der Waals surface area contributed by atoms with Crippen molar-refractivity contribution in [2.75, 3.05) is 11.6 Å². The summed E-state index contributed by atoms with van der Waals surface area (Å²) in [5.41, 5.74) is 1.65. The van der Waals surface area contributed by atoms with Crippen molar-refractivity contribution in [1.29, 1.82) is 0 Å². The molecule has 0 bridgehead atoms. The maximum Gasteiger partial charge on any atom is 0.258 e. The molecular formula is C16H13ClN2O3S2. The first kappa shape index (κ1) is 16.9. The Morgan fingerprint density at radius 2 is 1.92 bits per heavy atom. The first-order chi connectivity index (χ1) is 11.3. The van der Waals surface area contributed by atoms with Crippen LogP contribution in [0.5, 0.6) is 0 Å². The zero-order chi connectivity index (χ0) is 17.5. The Morgan fingerprint density at radius 3 is 2.62 bits per heavy atom. The SMILES string of the molecule is Cc1c(Cl)ccc2sc(NC(=O)c3ccccc3S(C)(=O)=O)nc12. The van der Waals surface area contributed by atoms with Gasteiger partial charge in [-0.2, -0.15) is 0 Å². The van der Waals surface area contributed by atoms with Gasteiger partial charge in [-0.15, -0.1) is 0 Å². The number of aromatic nitrogens is 1. The monoisotopic (exact) mass is 380 g/mol. The molecule has 0 unspecified atom stereocenters. The maximum atomic E-state index is 12.5. The van der Waals surface area contributed by atoms with Crippen molar-refractivity contribution in [3.63, 3.8) is 0 Å². The molecule has 1 aromatic heterocycles. The zero-order valence-corrected chi connectivity index (χ0v) is 15.2. The molecule has 1 N–H and O–H groups in total. The Kier molecular flexibility index (Phi) is 4.33. The van der Waals surface area contributed by atoms with E-state index in [-0.39, 0.29) is 10.5 Å². The van der Waals surface area contributed by atoms with E-state index in [0.717, 1.165) is 22.0 Å². The Morgan fingerprint density at radius 1 is 1.21 bits per heavy atom. The minimum Gasteiger partial charge on any atom is -0.298 e. The van der Waals surface area contributed by atoms with Crippen LogP contribution in [0.4, 0.5) is 5.13 Å². The Balaban J connectivity index is 1.98. The molecule has 0 spiro atoms. The summed E-state index contributed by atoms with van der Waals surface area (Å²) in [4.78, 5) is 16.8. The largest absolute Gasteiger partial charge is 0.298 e. The van der Waals surface area contributed by atoms with E-state index < -0.39 is 15.7 Å². The highest BCUT2D eigenvalue weighted by Gasteiger charge is 2.19. The Bertz CT molecular complexity index is 1060. The molecule has 0 atom stereocenters. The number of aryl methyl sites for hydroxylation is 1. The molecule has 0 aliphatic carbocycles. The molecule has 0 saturated heterocycles. The number of amides is 1. The van der Waals surface area contributed by atoms with E-state index in [4.69, 9.17) is 11.6 Å². The first-order valence-electron chi connectivity index (χ1n) is 6.93. The molecule has 1 amide bonds. The van der Waals surface area contributed by atoms with Crippen molar-refractivity contribution in [2.24, 2.45) is 0 Å². The highest BCUT2D eigenvalue weighted by molar-refractivity contribution is 7.90. The summed E-state index contributed by atoms with van der Waals surface area (Å²) in [5.74, 6) is -0.515. The summed E-state index contributed by atoms with van der Waals surface area (Å²) in [6.45, 7) is 1.86. The van der Waals surface area contributed by atoms with E-state index in [9.17, 15) is 13.2 Å². The van der Waals surface area contributed by atoms with Crippen LogP contribution >= 0.6 is 22.9 Å². The van der Waals surface area contributed by atoms with Crippen molar-refractivity contribution < 1.29 is 13.2 Å². The summed E-state index contributed by atoms with van der Waals surface area (Å²) in [7, 11) is -3.50. The predicted octanol–water partition coefficient (Wildman–Crippen LogP) is 3.91. The second-order valence-electron chi connectivity index (χ2n) is 5.26. The lowest BCUT2D eigenvalue weighted by molar-refractivity contribution is 0.102. The number of sulfone groups is 1. The molecule has 8 heteroatoms. The summed E-state index contributed by atoms with van der Waals surface area (Å²) >= 11 is 7.39. The Labute approximate surface area is 148 Å². The van der Waals surface area contributed by atoms with E-state index in [1.165, 1.54) is 23.5 Å². The average molecular weight is 381 g/mol. The lowest BCUT2D eigenvalue weighted by Gasteiger charge is -2.06. The molecule has 5 nitrogen and oxygen atoms in total. The quantitative estimate of drug-likeness (QED) is 0.747. The molecule has 1 heterocycles. The molecular weight excluding hydrogens is 368 g/mol. The van der Waals surface area contributed by atoms with Gasteiger partial charge in [0.1, 0.15) is 0 Å². The second-order valence-corrected chi connectivity index (χ2v) is 8.68. The fraction of sp³-hybridized carbons (Fsp3) is 0.125. The zero-order valence-electron chi connectivity index (χ0n) is 12.8. The maximum absolute atomic E-state index is 12.5. The van der Waals surface area contributed by atoms with Gasteiger partial charge in [0.15, 0.2) is 15.0 Å². The lowest BCUT2D eigenvalue weighted by Crippen LogP contribution is -2.15. The van der Waals surface area contributed by atoms with Crippen LogP contribution in [0.2, 0.25) is 5.02 Å². The molecule has 0 saturated carbocycles. The van der Waals surface area contributed by atoms with Gasteiger partial charge in [-0.3, -0.25) is 10.1 Å². The predicted molar refractivity (Wildman–Crippen MR) is 96.9 cm³/mol. The second kappa shape index (κ2) is 6.16. The highest BCUT2D eigenvalue weighted by atomic mass is 35.5. The molecule has 0 radical (unpaired) electrons. The van der Waals surface area contributed by atoms with Crippen molar-refractivity contribution in [1.82, 2.24) is 4.98 Å². The number of carbonyl (C=O) groups is 1. The summed E-state index contributed by atoms with van der Waals surface area (Å²) in [6.07, 6.45) is 1.07. The van der Waals surface area contributed by atoms with Crippen LogP contribution in [0.1, 0.15) is 15.9 Å². The summed E-state index contributed by atoms with van der Waals surface area (Å²) in [6, 6.07) is 9.69. The third-order valence-electron chi connectivity index (χ3n) is 3.50. The fourth-order valence-electron chi connectivity index (χ4n) is 2.30. The molecule has 3 aromatic rings. The minimum atomic E-state index is -3.50. The Hall–Kier alpha value is -1.96. The number of anilines is 1. The van der Waals surface area contributed by atoms with Crippen LogP contribution in [0, 0.1) is 6.92 Å². The number of rotatable bonds is 3. The molecule has 0 aliphatic rings. The summed E-state index contributed by atoms with van der Waals surface area (Å²) < 4.78 is 24.5. The molecule has 0 fully saturated rings. The van der Waals surface area contributed by atoms with Crippen LogP contribution in [0.3, 0.4) is 0 Å².